The minimum Gasteiger partial charge on any atom is -0.321 e. The Morgan fingerprint density at radius 3 is 2.70 bits per heavy atom. The van der Waals surface area contributed by atoms with Gasteiger partial charge in [-0.15, -0.1) is 0 Å². The molecule has 0 heterocycles. The largest absolute Gasteiger partial charge is 0.321 e. The number of carbonyl (C=O) groups is 1. The van der Waals surface area contributed by atoms with Crippen LogP contribution >= 0.6 is 34.2 Å². The third-order valence-corrected chi connectivity index (χ3v) is 4.70. The van der Waals surface area contributed by atoms with Crippen LogP contribution in [0.5, 0.6) is 0 Å². The molecule has 0 bridgehead atoms. The summed E-state index contributed by atoms with van der Waals surface area (Å²) >= 11 is 8.10. The summed E-state index contributed by atoms with van der Waals surface area (Å²) in [7, 11) is 0. The van der Waals surface area contributed by atoms with Crippen molar-refractivity contribution < 1.29 is 4.79 Å². The number of nitrogens with one attached hydrogen (secondary N) is 1. The number of anilines is 1. The first kappa shape index (κ1) is 15.3. The second-order valence-electron chi connectivity index (χ2n) is 4.55. The molecular formula is C16H15ClINO. The molecule has 2 rings (SSSR count). The van der Waals surface area contributed by atoms with Crippen molar-refractivity contribution in [2.45, 2.75) is 20.3 Å². The van der Waals surface area contributed by atoms with E-state index in [1.807, 2.05) is 25.1 Å². The molecule has 0 radical (unpaired) electrons. The highest BCUT2D eigenvalue weighted by molar-refractivity contribution is 14.1. The lowest BCUT2D eigenvalue weighted by Gasteiger charge is -2.13. The van der Waals surface area contributed by atoms with Crippen molar-refractivity contribution in [2.75, 3.05) is 5.32 Å². The number of amides is 1. The van der Waals surface area contributed by atoms with Gasteiger partial charge in [-0.25, -0.2) is 0 Å². The van der Waals surface area contributed by atoms with E-state index in [1.54, 1.807) is 18.2 Å². The smallest absolute Gasteiger partial charge is 0.255 e. The van der Waals surface area contributed by atoms with E-state index in [0.717, 1.165) is 26.8 Å². The number of carbonyl (C=O) groups excluding carboxylic acids is 1. The molecule has 104 valence electrons. The Bertz CT molecular complexity index is 655. The van der Waals surface area contributed by atoms with Crippen LogP contribution in [0.3, 0.4) is 0 Å². The summed E-state index contributed by atoms with van der Waals surface area (Å²) in [5.41, 5.74) is 3.73. The lowest BCUT2D eigenvalue weighted by Crippen LogP contribution is -2.14. The lowest BCUT2D eigenvalue weighted by atomic mass is 10.1. The van der Waals surface area contributed by atoms with Gasteiger partial charge < -0.3 is 5.32 Å². The molecule has 0 saturated carbocycles. The van der Waals surface area contributed by atoms with Crippen LogP contribution in [-0.4, -0.2) is 5.91 Å². The van der Waals surface area contributed by atoms with Gasteiger partial charge in [0.1, 0.15) is 0 Å². The molecule has 2 aromatic carbocycles. The van der Waals surface area contributed by atoms with Gasteiger partial charge in [-0.1, -0.05) is 36.7 Å². The van der Waals surface area contributed by atoms with E-state index in [9.17, 15) is 4.79 Å². The van der Waals surface area contributed by atoms with Gasteiger partial charge in [-0.05, 0) is 65.3 Å². The average molecular weight is 400 g/mol. The highest BCUT2D eigenvalue weighted by atomic mass is 127. The molecule has 4 heteroatoms. The van der Waals surface area contributed by atoms with Gasteiger partial charge in [-0.3, -0.25) is 4.79 Å². The van der Waals surface area contributed by atoms with E-state index in [2.05, 4.69) is 34.8 Å². The Kier molecular flexibility index (Phi) is 5.05. The number of aryl methyl sites for hydroxylation is 2. The normalized spacial score (nSPS) is 10.4. The van der Waals surface area contributed by atoms with Crippen LogP contribution in [0.4, 0.5) is 5.69 Å². The predicted molar refractivity (Wildman–Crippen MR) is 92.7 cm³/mol. The molecule has 0 aromatic heterocycles. The molecule has 20 heavy (non-hydrogen) atoms. The Morgan fingerprint density at radius 2 is 2.05 bits per heavy atom. The third-order valence-electron chi connectivity index (χ3n) is 3.16. The topological polar surface area (TPSA) is 29.1 Å². The van der Waals surface area contributed by atoms with Gasteiger partial charge in [0.15, 0.2) is 0 Å². The molecule has 1 N–H and O–H groups in total. The van der Waals surface area contributed by atoms with Crippen molar-refractivity contribution in [3.8, 4) is 0 Å². The second-order valence-corrected chi connectivity index (χ2v) is 6.11. The van der Waals surface area contributed by atoms with Crippen LogP contribution in [-0.2, 0) is 6.42 Å². The molecule has 0 atom stereocenters. The van der Waals surface area contributed by atoms with Crippen molar-refractivity contribution in [1.82, 2.24) is 0 Å². The average Bonchev–Trinajstić information content (AvgIpc) is 2.44. The summed E-state index contributed by atoms with van der Waals surface area (Å²) < 4.78 is 0.873. The van der Waals surface area contributed by atoms with Gasteiger partial charge in [-0.2, -0.15) is 0 Å². The van der Waals surface area contributed by atoms with Crippen LogP contribution in [0.1, 0.15) is 28.4 Å². The van der Waals surface area contributed by atoms with Crippen molar-refractivity contribution in [3.05, 3.63) is 61.7 Å². The maximum atomic E-state index is 12.3. The van der Waals surface area contributed by atoms with Gasteiger partial charge >= 0.3 is 0 Å². The maximum Gasteiger partial charge on any atom is 0.255 e. The van der Waals surface area contributed by atoms with Crippen LogP contribution in [0.15, 0.2) is 36.4 Å². The summed E-state index contributed by atoms with van der Waals surface area (Å²) in [5.74, 6) is -0.108. The molecule has 1 amide bonds. The molecule has 2 nitrogen and oxygen atoms in total. The number of hydrogen-bond donors (Lipinski definition) is 1. The van der Waals surface area contributed by atoms with E-state index >= 15 is 0 Å². The molecule has 0 fully saturated rings. The van der Waals surface area contributed by atoms with Crippen molar-refractivity contribution in [2.24, 2.45) is 0 Å². The van der Waals surface area contributed by atoms with E-state index in [-0.39, 0.29) is 5.91 Å². The number of halogens is 2. The first-order valence-corrected chi connectivity index (χ1v) is 7.83. The van der Waals surface area contributed by atoms with E-state index in [4.69, 9.17) is 11.6 Å². The summed E-state index contributed by atoms with van der Waals surface area (Å²) in [4.78, 5) is 12.3. The zero-order valence-corrected chi connectivity index (χ0v) is 14.2. The zero-order valence-electron chi connectivity index (χ0n) is 11.3. The van der Waals surface area contributed by atoms with E-state index < -0.39 is 0 Å². The molecule has 0 aliphatic heterocycles. The monoisotopic (exact) mass is 399 g/mol. The number of benzene rings is 2. The van der Waals surface area contributed by atoms with Crippen LogP contribution < -0.4 is 5.32 Å². The minimum absolute atomic E-state index is 0.108. The summed E-state index contributed by atoms with van der Waals surface area (Å²) in [6.45, 7) is 4.08. The Morgan fingerprint density at radius 1 is 1.30 bits per heavy atom. The van der Waals surface area contributed by atoms with Crippen LogP contribution in [0.2, 0.25) is 5.02 Å². The molecule has 2 aromatic rings. The van der Waals surface area contributed by atoms with Gasteiger partial charge in [0.25, 0.3) is 5.91 Å². The molecular weight excluding hydrogens is 385 g/mol. The molecule has 0 aliphatic carbocycles. The molecule has 0 spiro atoms. The first-order valence-electron chi connectivity index (χ1n) is 6.37. The minimum atomic E-state index is -0.108. The molecule has 0 unspecified atom stereocenters. The summed E-state index contributed by atoms with van der Waals surface area (Å²) in [6.07, 6.45) is 0.884. The highest BCUT2D eigenvalue weighted by Gasteiger charge is 2.11. The summed E-state index contributed by atoms with van der Waals surface area (Å²) in [6, 6.07) is 11.3. The number of para-hydroxylation sites is 1. The third kappa shape index (κ3) is 3.33. The Hall–Kier alpha value is -1.07. The second kappa shape index (κ2) is 6.59. The standard InChI is InChI=1S/C16H15ClINO/c1-3-11-6-4-5-10(2)15(11)19-16(20)12-7-8-13(17)14(18)9-12/h4-9H,3H2,1-2H3,(H,19,20). The quantitative estimate of drug-likeness (QED) is 0.718. The van der Waals surface area contributed by atoms with Crippen molar-refractivity contribution in [1.29, 1.82) is 0 Å². The SMILES string of the molecule is CCc1cccc(C)c1NC(=O)c1ccc(Cl)c(I)c1. The Balaban J connectivity index is 2.30. The maximum absolute atomic E-state index is 12.3. The fraction of sp³-hybridized carbons (Fsp3) is 0.188. The van der Waals surface area contributed by atoms with E-state index in [1.165, 1.54) is 0 Å². The number of hydrogen-bond acceptors (Lipinski definition) is 1. The van der Waals surface area contributed by atoms with E-state index in [0.29, 0.717) is 10.6 Å². The van der Waals surface area contributed by atoms with Crippen LogP contribution in [0, 0.1) is 10.5 Å². The van der Waals surface area contributed by atoms with Gasteiger partial charge in [0.05, 0.1) is 5.02 Å². The fourth-order valence-electron chi connectivity index (χ4n) is 2.03. The Labute approximate surface area is 137 Å². The van der Waals surface area contributed by atoms with Crippen molar-refractivity contribution >= 4 is 45.8 Å². The summed E-state index contributed by atoms with van der Waals surface area (Å²) in [5, 5.41) is 3.67. The highest BCUT2D eigenvalue weighted by Crippen LogP contribution is 2.23. The lowest BCUT2D eigenvalue weighted by molar-refractivity contribution is 0.102. The molecule has 0 saturated heterocycles. The van der Waals surface area contributed by atoms with Gasteiger partial charge in [0, 0.05) is 14.8 Å². The number of rotatable bonds is 3. The zero-order chi connectivity index (χ0) is 14.7. The van der Waals surface area contributed by atoms with Crippen LogP contribution in [0.25, 0.3) is 0 Å². The van der Waals surface area contributed by atoms with Crippen molar-refractivity contribution in [3.63, 3.8) is 0 Å². The van der Waals surface area contributed by atoms with Gasteiger partial charge in [0.2, 0.25) is 0 Å². The first-order chi connectivity index (χ1) is 9.52. The fourth-order valence-corrected chi connectivity index (χ4v) is 2.66. The molecule has 0 aliphatic rings. The predicted octanol–water partition coefficient (Wildman–Crippen LogP) is 5.07.